The van der Waals surface area contributed by atoms with Crippen LogP contribution in [0.3, 0.4) is 0 Å². The van der Waals surface area contributed by atoms with Crippen molar-refractivity contribution in [3.8, 4) is 0 Å². The number of piperazine rings is 1. The number of nitrogens with zero attached hydrogens (tertiary/aromatic N) is 6. The van der Waals surface area contributed by atoms with Gasteiger partial charge in [0.15, 0.2) is 10.9 Å². The first-order valence-electron chi connectivity index (χ1n) is 10.7. The van der Waals surface area contributed by atoms with Crippen molar-refractivity contribution < 1.29 is 0 Å². The van der Waals surface area contributed by atoms with E-state index in [0.29, 0.717) is 27.5 Å². The second-order valence-corrected chi connectivity index (χ2v) is 9.09. The van der Waals surface area contributed by atoms with Gasteiger partial charge in [-0.3, -0.25) is 14.3 Å². The van der Waals surface area contributed by atoms with Gasteiger partial charge in [0.25, 0.3) is 0 Å². The third-order valence-electron chi connectivity index (χ3n) is 5.68. The molecular weight excluding hydrogens is 465 g/mol. The lowest BCUT2D eigenvalue weighted by molar-refractivity contribution is 0.176. The van der Waals surface area contributed by atoms with Crippen molar-refractivity contribution in [2.24, 2.45) is 0 Å². The third kappa shape index (κ3) is 5.43. The summed E-state index contributed by atoms with van der Waals surface area (Å²) in [6.45, 7) is 10.2. The molecule has 1 N–H and O–H groups in total. The smallest absolute Gasteiger partial charge is 0.174 e. The zero-order valence-electron chi connectivity index (χ0n) is 18.3. The van der Waals surface area contributed by atoms with Crippen LogP contribution in [0.2, 0.25) is 10.0 Å². The molecule has 7 nitrogen and oxygen atoms in total. The van der Waals surface area contributed by atoms with E-state index in [1.807, 2.05) is 35.1 Å². The molecule has 3 heterocycles. The third-order valence-corrected chi connectivity index (χ3v) is 6.75. The van der Waals surface area contributed by atoms with Crippen LogP contribution in [0.5, 0.6) is 0 Å². The molecule has 1 aliphatic heterocycles. The van der Waals surface area contributed by atoms with Gasteiger partial charge in [-0.15, -0.1) is 0 Å². The number of benzene rings is 1. The number of hydrogen-bond acceptors (Lipinski definition) is 4. The number of halogens is 2. The Morgan fingerprint density at radius 2 is 1.75 bits per heavy atom. The van der Waals surface area contributed by atoms with Gasteiger partial charge >= 0.3 is 0 Å². The summed E-state index contributed by atoms with van der Waals surface area (Å²) in [7, 11) is 0. The molecule has 1 aromatic carbocycles. The molecule has 0 atom stereocenters. The molecule has 32 heavy (non-hydrogen) atoms. The van der Waals surface area contributed by atoms with Crippen LogP contribution in [0.1, 0.15) is 23.7 Å². The van der Waals surface area contributed by atoms with Crippen LogP contribution >= 0.6 is 35.4 Å². The predicted octanol–water partition coefficient (Wildman–Crippen LogP) is 4.28. The van der Waals surface area contributed by atoms with Crippen molar-refractivity contribution in [1.82, 2.24) is 29.4 Å². The first kappa shape index (κ1) is 23.0. The first-order valence-corrected chi connectivity index (χ1v) is 11.9. The van der Waals surface area contributed by atoms with Gasteiger partial charge in [0.2, 0.25) is 0 Å². The molecule has 0 unspecified atom stereocenters. The summed E-state index contributed by atoms with van der Waals surface area (Å²) in [4.78, 5) is 4.64. The van der Waals surface area contributed by atoms with Crippen molar-refractivity contribution in [2.75, 3.05) is 31.5 Å². The normalized spacial score (nSPS) is 14.7. The Hall–Kier alpha value is -2.13. The minimum absolute atomic E-state index is 0.500. The van der Waals surface area contributed by atoms with E-state index < -0.39 is 0 Å². The number of nitrogens with one attached hydrogen (secondary N) is 1. The Balaban J connectivity index is 1.28. The summed E-state index contributed by atoms with van der Waals surface area (Å²) in [5, 5.41) is 14.3. The molecule has 1 saturated heterocycles. The molecule has 0 spiro atoms. The van der Waals surface area contributed by atoms with Crippen LogP contribution in [-0.2, 0) is 19.6 Å². The highest BCUT2D eigenvalue weighted by atomic mass is 35.5. The minimum atomic E-state index is 0.500. The molecule has 0 bridgehead atoms. The van der Waals surface area contributed by atoms with E-state index in [9.17, 15) is 0 Å². The molecule has 0 aliphatic carbocycles. The van der Waals surface area contributed by atoms with Gasteiger partial charge < -0.3 is 10.2 Å². The number of thiocarbonyl (C=S) groups is 1. The maximum Gasteiger partial charge on any atom is 0.174 e. The standard InChI is InChI=1S/C22H27Cl2N7S/c1-3-30-14-17(16(2)26-30)13-28-9-11-29(12-10-28)22(32)25-21-7-8-31(27-21)15-18-19(23)5-4-6-20(18)24/h4-8,14H,3,9-13,15H2,1-2H3,(H,25,27,32). The predicted molar refractivity (Wildman–Crippen MR) is 133 cm³/mol. The molecule has 10 heteroatoms. The monoisotopic (exact) mass is 491 g/mol. The Bertz CT molecular complexity index is 1070. The minimum Gasteiger partial charge on any atom is -0.346 e. The van der Waals surface area contributed by atoms with Crippen LogP contribution < -0.4 is 5.32 Å². The number of hydrogen-bond donors (Lipinski definition) is 1. The zero-order valence-corrected chi connectivity index (χ0v) is 20.6. The average Bonchev–Trinajstić information content (AvgIpc) is 3.37. The van der Waals surface area contributed by atoms with Crippen molar-refractivity contribution in [3.63, 3.8) is 0 Å². The molecule has 1 aliphatic rings. The lowest BCUT2D eigenvalue weighted by Gasteiger charge is -2.35. The lowest BCUT2D eigenvalue weighted by atomic mass is 10.2. The van der Waals surface area contributed by atoms with Crippen LogP contribution in [0, 0.1) is 6.92 Å². The highest BCUT2D eigenvalue weighted by Crippen LogP contribution is 2.25. The van der Waals surface area contributed by atoms with Gasteiger partial charge in [-0.05, 0) is 38.2 Å². The summed E-state index contributed by atoms with van der Waals surface area (Å²) in [5.74, 6) is 0.711. The summed E-state index contributed by atoms with van der Waals surface area (Å²) in [5.41, 5.74) is 3.26. The second kappa shape index (κ2) is 10.2. The highest BCUT2D eigenvalue weighted by Gasteiger charge is 2.20. The van der Waals surface area contributed by atoms with Crippen molar-refractivity contribution in [3.05, 3.63) is 63.5 Å². The fourth-order valence-electron chi connectivity index (χ4n) is 3.78. The van der Waals surface area contributed by atoms with Crippen LogP contribution in [0.15, 0.2) is 36.7 Å². The average molecular weight is 492 g/mol. The number of aryl methyl sites for hydroxylation is 2. The van der Waals surface area contributed by atoms with Gasteiger partial charge in [0.05, 0.1) is 12.2 Å². The van der Waals surface area contributed by atoms with Crippen LogP contribution in [0.4, 0.5) is 5.82 Å². The molecule has 3 aromatic rings. The van der Waals surface area contributed by atoms with Gasteiger partial charge in [-0.2, -0.15) is 10.2 Å². The first-order chi connectivity index (χ1) is 15.4. The van der Waals surface area contributed by atoms with Gasteiger partial charge in [-0.1, -0.05) is 29.3 Å². The summed E-state index contributed by atoms with van der Waals surface area (Å²) in [6.07, 6.45) is 4.04. The van der Waals surface area contributed by atoms with E-state index in [0.717, 1.165) is 50.5 Å². The van der Waals surface area contributed by atoms with Crippen LogP contribution in [-0.4, -0.2) is 60.7 Å². The van der Waals surface area contributed by atoms with Gasteiger partial charge in [0, 0.05) is 78.9 Å². The maximum atomic E-state index is 6.27. The molecular formula is C22H27Cl2N7S. The number of anilines is 1. The number of aromatic nitrogens is 4. The lowest BCUT2D eigenvalue weighted by Crippen LogP contribution is -2.49. The molecule has 0 radical (unpaired) electrons. The number of rotatable bonds is 6. The van der Waals surface area contributed by atoms with E-state index in [1.54, 1.807) is 4.68 Å². The second-order valence-electron chi connectivity index (χ2n) is 7.89. The van der Waals surface area contributed by atoms with Crippen LogP contribution in [0.25, 0.3) is 0 Å². The molecule has 0 saturated carbocycles. The fourth-order valence-corrected chi connectivity index (χ4v) is 4.58. The van der Waals surface area contributed by atoms with E-state index in [4.69, 9.17) is 35.4 Å². The molecule has 0 amide bonds. The zero-order chi connectivity index (χ0) is 22.7. The van der Waals surface area contributed by atoms with Crippen molar-refractivity contribution >= 4 is 46.4 Å². The maximum absolute atomic E-state index is 6.27. The molecule has 170 valence electrons. The van der Waals surface area contributed by atoms with E-state index in [2.05, 4.69) is 45.4 Å². The Morgan fingerprint density at radius 3 is 2.41 bits per heavy atom. The summed E-state index contributed by atoms with van der Waals surface area (Å²) in [6, 6.07) is 7.40. The Labute approximate surface area is 203 Å². The van der Waals surface area contributed by atoms with Crippen molar-refractivity contribution in [1.29, 1.82) is 0 Å². The topological polar surface area (TPSA) is 54.1 Å². The van der Waals surface area contributed by atoms with Gasteiger partial charge in [-0.25, -0.2) is 0 Å². The summed E-state index contributed by atoms with van der Waals surface area (Å²) >= 11 is 18.2. The van der Waals surface area contributed by atoms with E-state index in [-0.39, 0.29) is 0 Å². The van der Waals surface area contributed by atoms with E-state index in [1.165, 1.54) is 5.56 Å². The SMILES string of the molecule is CCn1cc(CN2CCN(C(=S)Nc3ccn(Cc4c(Cl)cccc4Cl)n3)CC2)c(C)n1. The summed E-state index contributed by atoms with van der Waals surface area (Å²) < 4.78 is 3.80. The van der Waals surface area contributed by atoms with E-state index >= 15 is 0 Å². The fraction of sp³-hybridized carbons (Fsp3) is 0.409. The Kier molecular flexibility index (Phi) is 7.35. The molecule has 2 aromatic heterocycles. The molecule has 1 fully saturated rings. The van der Waals surface area contributed by atoms with Crippen molar-refractivity contribution in [2.45, 2.75) is 33.5 Å². The Morgan fingerprint density at radius 1 is 1.03 bits per heavy atom. The van der Waals surface area contributed by atoms with Gasteiger partial charge in [0.1, 0.15) is 0 Å². The largest absolute Gasteiger partial charge is 0.346 e. The quantitative estimate of drug-likeness (QED) is 0.519. The highest BCUT2D eigenvalue weighted by molar-refractivity contribution is 7.80. The molecule has 4 rings (SSSR count).